The maximum Gasteiger partial charge on any atom is 0.259 e. The van der Waals surface area contributed by atoms with Gasteiger partial charge in [0.25, 0.3) is 5.91 Å². The van der Waals surface area contributed by atoms with Crippen molar-refractivity contribution in [3.8, 4) is 0 Å². The summed E-state index contributed by atoms with van der Waals surface area (Å²) in [6.45, 7) is 8.42. The zero-order chi connectivity index (χ0) is 21.9. The normalized spacial score (nSPS) is 13.6. The first-order valence-electron chi connectivity index (χ1n) is 9.75. The Morgan fingerprint density at radius 1 is 1.03 bits per heavy atom. The van der Waals surface area contributed by atoms with Gasteiger partial charge in [0, 0.05) is 36.5 Å². The number of rotatable bonds is 8. The van der Waals surface area contributed by atoms with Crippen LogP contribution in [0.25, 0.3) is 5.70 Å². The number of nitrogens with one attached hydrogen (secondary N) is 1. The molecule has 0 atom stereocenters. The molecular weight excluding hydrogens is 402 g/mol. The van der Waals surface area contributed by atoms with Crippen molar-refractivity contribution in [1.29, 1.82) is 0 Å². The summed E-state index contributed by atoms with van der Waals surface area (Å²) in [4.78, 5) is 26.4. The Bertz CT molecular complexity index is 1040. The van der Waals surface area contributed by atoms with Gasteiger partial charge < -0.3 is 5.32 Å². The van der Waals surface area contributed by atoms with Crippen LogP contribution in [0.1, 0.15) is 35.3 Å². The SMILES string of the molecule is C=C1c2ccccc2C(=O)N1CC(=O)NCc1ccc(S(=O)(=O)N(CC)CC)cc1. The third kappa shape index (κ3) is 4.15. The van der Waals surface area contributed by atoms with Crippen LogP contribution in [0, 0.1) is 0 Å². The minimum absolute atomic E-state index is 0.124. The molecule has 1 aliphatic rings. The molecule has 2 aromatic carbocycles. The van der Waals surface area contributed by atoms with Crippen LogP contribution in [0.15, 0.2) is 60.0 Å². The first-order chi connectivity index (χ1) is 14.3. The van der Waals surface area contributed by atoms with Crippen molar-refractivity contribution in [3.63, 3.8) is 0 Å². The van der Waals surface area contributed by atoms with Gasteiger partial charge in [0.2, 0.25) is 15.9 Å². The van der Waals surface area contributed by atoms with E-state index in [-0.39, 0.29) is 29.8 Å². The summed E-state index contributed by atoms with van der Waals surface area (Å²) in [6, 6.07) is 13.5. The molecule has 1 heterocycles. The van der Waals surface area contributed by atoms with Crippen molar-refractivity contribution in [2.24, 2.45) is 0 Å². The third-order valence-electron chi connectivity index (χ3n) is 5.10. The van der Waals surface area contributed by atoms with Gasteiger partial charge in [0.1, 0.15) is 6.54 Å². The molecule has 0 bridgehead atoms. The molecule has 0 unspecified atom stereocenters. The Morgan fingerprint density at radius 3 is 2.20 bits per heavy atom. The second-order valence-electron chi connectivity index (χ2n) is 6.89. The lowest BCUT2D eigenvalue weighted by Gasteiger charge is -2.18. The number of carbonyl (C=O) groups excluding carboxylic acids is 2. The molecule has 3 rings (SSSR count). The number of hydrogen-bond acceptors (Lipinski definition) is 4. The number of amides is 2. The van der Waals surface area contributed by atoms with Crippen LogP contribution < -0.4 is 5.32 Å². The smallest absolute Gasteiger partial charge is 0.259 e. The number of hydrogen-bond donors (Lipinski definition) is 1. The Labute approximate surface area is 177 Å². The number of sulfonamides is 1. The fourth-order valence-corrected chi connectivity index (χ4v) is 4.85. The van der Waals surface area contributed by atoms with Crippen molar-refractivity contribution in [2.75, 3.05) is 19.6 Å². The van der Waals surface area contributed by atoms with E-state index in [9.17, 15) is 18.0 Å². The van der Waals surface area contributed by atoms with E-state index in [4.69, 9.17) is 0 Å². The van der Waals surface area contributed by atoms with Gasteiger partial charge in [-0.1, -0.05) is 50.8 Å². The standard InChI is InChI=1S/C22H25N3O4S/c1-4-24(5-2)30(28,29)18-12-10-17(11-13-18)14-23-21(26)15-25-16(3)19-8-6-7-9-20(19)22(25)27/h6-13H,3-5,14-15H2,1-2H3,(H,23,26). The van der Waals surface area contributed by atoms with Crippen LogP contribution in [-0.2, 0) is 21.4 Å². The molecule has 0 spiro atoms. The molecule has 1 N–H and O–H groups in total. The maximum atomic E-state index is 12.5. The highest BCUT2D eigenvalue weighted by atomic mass is 32.2. The van der Waals surface area contributed by atoms with Crippen LogP contribution in [0.2, 0.25) is 0 Å². The predicted octanol–water partition coefficient (Wildman–Crippen LogP) is 2.46. The second-order valence-corrected chi connectivity index (χ2v) is 8.83. The molecule has 0 saturated carbocycles. The van der Waals surface area contributed by atoms with E-state index >= 15 is 0 Å². The van der Waals surface area contributed by atoms with Crippen molar-refractivity contribution < 1.29 is 18.0 Å². The van der Waals surface area contributed by atoms with Crippen LogP contribution in [-0.4, -0.2) is 49.1 Å². The molecule has 0 aromatic heterocycles. The van der Waals surface area contributed by atoms with Crippen molar-refractivity contribution in [3.05, 3.63) is 71.8 Å². The number of carbonyl (C=O) groups is 2. The molecule has 0 saturated heterocycles. The summed E-state index contributed by atoms with van der Waals surface area (Å²) in [5.74, 6) is -0.561. The van der Waals surface area contributed by atoms with Gasteiger partial charge in [0.15, 0.2) is 0 Å². The maximum absolute atomic E-state index is 12.5. The van der Waals surface area contributed by atoms with E-state index in [1.807, 2.05) is 6.07 Å². The average Bonchev–Trinajstić information content (AvgIpc) is 2.98. The quantitative estimate of drug-likeness (QED) is 0.701. The van der Waals surface area contributed by atoms with E-state index in [0.717, 1.165) is 11.1 Å². The number of nitrogens with zero attached hydrogens (tertiary/aromatic N) is 2. The zero-order valence-electron chi connectivity index (χ0n) is 17.1. The molecule has 2 aromatic rings. The van der Waals surface area contributed by atoms with Crippen molar-refractivity contribution in [2.45, 2.75) is 25.3 Å². The van der Waals surface area contributed by atoms with Gasteiger partial charge in [-0.3, -0.25) is 14.5 Å². The lowest BCUT2D eigenvalue weighted by molar-refractivity contribution is -0.121. The Kier molecular flexibility index (Phi) is 6.38. The van der Waals surface area contributed by atoms with E-state index in [1.165, 1.54) is 21.3 Å². The highest BCUT2D eigenvalue weighted by molar-refractivity contribution is 7.89. The molecule has 2 amide bonds. The van der Waals surface area contributed by atoms with Crippen LogP contribution >= 0.6 is 0 Å². The van der Waals surface area contributed by atoms with Gasteiger partial charge >= 0.3 is 0 Å². The van der Waals surface area contributed by atoms with E-state index in [0.29, 0.717) is 24.4 Å². The first kappa shape index (κ1) is 21.7. The Morgan fingerprint density at radius 2 is 1.63 bits per heavy atom. The topological polar surface area (TPSA) is 86.8 Å². The lowest BCUT2D eigenvalue weighted by Crippen LogP contribution is -2.36. The summed E-state index contributed by atoms with van der Waals surface area (Å²) in [6.07, 6.45) is 0. The summed E-state index contributed by atoms with van der Waals surface area (Å²) in [5, 5.41) is 2.76. The highest BCUT2D eigenvalue weighted by Gasteiger charge is 2.31. The molecular formula is C22H25N3O4S. The number of fused-ring (bicyclic) bond motifs is 1. The van der Waals surface area contributed by atoms with Crippen LogP contribution in [0.3, 0.4) is 0 Å². The Hall–Kier alpha value is -2.97. The minimum atomic E-state index is -3.51. The molecule has 1 aliphatic heterocycles. The highest BCUT2D eigenvalue weighted by Crippen LogP contribution is 2.30. The second kappa shape index (κ2) is 8.81. The fraction of sp³-hybridized carbons (Fsp3) is 0.273. The fourth-order valence-electron chi connectivity index (χ4n) is 3.39. The molecule has 7 nitrogen and oxygen atoms in total. The lowest BCUT2D eigenvalue weighted by atomic mass is 10.1. The largest absolute Gasteiger partial charge is 0.350 e. The molecule has 0 fully saturated rings. The predicted molar refractivity (Wildman–Crippen MR) is 115 cm³/mol. The van der Waals surface area contributed by atoms with Gasteiger partial charge in [-0.25, -0.2) is 8.42 Å². The third-order valence-corrected chi connectivity index (χ3v) is 7.16. The van der Waals surface area contributed by atoms with E-state index < -0.39 is 10.0 Å². The summed E-state index contributed by atoms with van der Waals surface area (Å²) in [5.41, 5.74) is 2.55. The first-order valence-corrected chi connectivity index (χ1v) is 11.2. The van der Waals surface area contributed by atoms with Gasteiger partial charge in [-0.05, 0) is 23.8 Å². The van der Waals surface area contributed by atoms with Gasteiger partial charge in [-0.2, -0.15) is 4.31 Å². The summed E-state index contributed by atoms with van der Waals surface area (Å²) < 4.78 is 26.5. The molecule has 158 valence electrons. The van der Waals surface area contributed by atoms with Crippen LogP contribution in [0.5, 0.6) is 0 Å². The Balaban J connectivity index is 1.60. The number of benzene rings is 2. The van der Waals surface area contributed by atoms with Crippen molar-refractivity contribution >= 4 is 27.5 Å². The molecule has 0 radical (unpaired) electrons. The average molecular weight is 428 g/mol. The minimum Gasteiger partial charge on any atom is -0.350 e. The van der Waals surface area contributed by atoms with E-state index in [1.54, 1.807) is 44.2 Å². The van der Waals surface area contributed by atoms with E-state index in [2.05, 4.69) is 11.9 Å². The molecule has 8 heteroatoms. The summed E-state index contributed by atoms with van der Waals surface area (Å²) in [7, 11) is -3.51. The summed E-state index contributed by atoms with van der Waals surface area (Å²) >= 11 is 0. The van der Waals surface area contributed by atoms with Crippen LogP contribution in [0.4, 0.5) is 0 Å². The molecule has 30 heavy (non-hydrogen) atoms. The van der Waals surface area contributed by atoms with Gasteiger partial charge in [0.05, 0.1) is 4.90 Å². The van der Waals surface area contributed by atoms with Gasteiger partial charge in [-0.15, -0.1) is 0 Å². The van der Waals surface area contributed by atoms with Crippen molar-refractivity contribution in [1.82, 2.24) is 14.5 Å². The molecule has 0 aliphatic carbocycles. The monoisotopic (exact) mass is 427 g/mol. The zero-order valence-corrected chi connectivity index (χ0v) is 17.9.